The Hall–Kier alpha value is -1.55. The van der Waals surface area contributed by atoms with Gasteiger partial charge in [0.25, 0.3) is 0 Å². The van der Waals surface area contributed by atoms with E-state index in [-0.39, 0.29) is 5.41 Å². The van der Waals surface area contributed by atoms with Gasteiger partial charge in [0, 0.05) is 5.69 Å². The van der Waals surface area contributed by atoms with Crippen molar-refractivity contribution in [2.24, 2.45) is 56.7 Å². The summed E-state index contributed by atoms with van der Waals surface area (Å²) >= 11 is 0. The molecule has 5 aliphatic rings. The van der Waals surface area contributed by atoms with Gasteiger partial charge in [0.15, 0.2) is 0 Å². The Labute approximate surface area is 257 Å². The molecule has 4 saturated carbocycles. The zero-order valence-corrected chi connectivity index (χ0v) is 28.6. The first-order valence-electron chi connectivity index (χ1n) is 17.0. The number of fused-ring (bicyclic) bond motifs is 7. The number of hydrogen-bond donors (Lipinski definition) is 1. The first-order valence-corrected chi connectivity index (χ1v) is 18.9. The summed E-state index contributed by atoms with van der Waals surface area (Å²) in [6.07, 6.45) is 17.3. The van der Waals surface area contributed by atoms with Gasteiger partial charge in [0.1, 0.15) is 0 Å². The molecule has 0 spiro atoms. The molecule has 4 fully saturated rings. The Morgan fingerprint density at radius 3 is 2.21 bits per heavy atom. The van der Waals surface area contributed by atoms with Gasteiger partial charge in [0.05, 0.1) is 6.26 Å². The maximum atomic E-state index is 11.7. The number of benzene rings is 1. The topological polar surface area (TPSA) is 46.2 Å². The molecular weight excluding hydrogens is 534 g/mol. The molecule has 1 aromatic carbocycles. The minimum atomic E-state index is -3.28. The maximum Gasteiger partial charge on any atom is 0.229 e. The molecule has 0 radical (unpaired) electrons. The molecule has 0 bridgehead atoms. The molecule has 9 atom stereocenters. The van der Waals surface area contributed by atoms with Crippen molar-refractivity contribution < 1.29 is 8.42 Å². The van der Waals surface area contributed by atoms with E-state index < -0.39 is 10.0 Å². The Bertz CT molecular complexity index is 1390. The minimum absolute atomic E-state index is 0.0677. The largest absolute Gasteiger partial charge is 0.284 e. The molecule has 1 aromatic rings. The van der Waals surface area contributed by atoms with Crippen molar-refractivity contribution in [2.45, 2.75) is 113 Å². The molecule has 0 saturated heterocycles. The number of allylic oxidation sites excluding steroid dienone is 3. The maximum absolute atomic E-state index is 11.7. The number of nitrogens with one attached hydrogen (secondary N) is 1. The van der Waals surface area contributed by atoms with Gasteiger partial charge in [-0.2, -0.15) is 0 Å². The Morgan fingerprint density at radius 2 is 1.60 bits per heavy atom. The predicted octanol–water partition coefficient (Wildman–Crippen LogP) is 10.1. The first-order chi connectivity index (χ1) is 19.5. The molecule has 1 N–H and O–H groups in total. The second-order valence-corrected chi connectivity index (χ2v) is 18.6. The zero-order chi connectivity index (χ0) is 30.5. The van der Waals surface area contributed by atoms with E-state index in [1.807, 2.05) is 12.1 Å². The van der Waals surface area contributed by atoms with Gasteiger partial charge in [-0.3, -0.25) is 4.72 Å². The van der Waals surface area contributed by atoms with Crippen LogP contribution in [0.1, 0.15) is 118 Å². The van der Waals surface area contributed by atoms with Crippen LogP contribution in [0.3, 0.4) is 0 Å². The van der Waals surface area contributed by atoms with Crippen LogP contribution in [0.2, 0.25) is 0 Å². The molecule has 6 rings (SSSR count). The molecule has 232 valence electrons. The minimum Gasteiger partial charge on any atom is -0.284 e. The van der Waals surface area contributed by atoms with Crippen LogP contribution in [0, 0.1) is 56.7 Å². The lowest BCUT2D eigenvalue weighted by atomic mass is 9.32. The summed E-state index contributed by atoms with van der Waals surface area (Å²) in [5.41, 5.74) is 6.47. The van der Waals surface area contributed by atoms with E-state index in [2.05, 4.69) is 78.0 Å². The smallest absolute Gasteiger partial charge is 0.229 e. The highest BCUT2D eigenvalue weighted by Gasteiger charge is 2.70. The van der Waals surface area contributed by atoms with Gasteiger partial charge in [-0.15, -0.1) is 0 Å². The van der Waals surface area contributed by atoms with Gasteiger partial charge < -0.3 is 0 Å². The summed E-state index contributed by atoms with van der Waals surface area (Å²) in [5.74, 6) is 3.78. The van der Waals surface area contributed by atoms with Crippen LogP contribution < -0.4 is 4.72 Å². The zero-order valence-electron chi connectivity index (χ0n) is 27.8. The third-order valence-electron chi connectivity index (χ3n) is 15.0. The Morgan fingerprint density at radius 1 is 0.905 bits per heavy atom. The van der Waals surface area contributed by atoms with E-state index in [1.165, 1.54) is 80.8 Å². The lowest BCUT2D eigenvalue weighted by Gasteiger charge is -2.72. The van der Waals surface area contributed by atoms with Crippen LogP contribution in [-0.2, 0) is 10.0 Å². The first kappa shape index (κ1) is 30.5. The highest BCUT2D eigenvalue weighted by Crippen LogP contribution is 2.78. The van der Waals surface area contributed by atoms with Crippen LogP contribution in [0.25, 0.3) is 5.57 Å². The van der Waals surface area contributed by atoms with Crippen molar-refractivity contribution in [1.82, 2.24) is 0 Å². The van der Waals surface area contributed by atoms with Crippen molar-refractivity contribution in [1.29, 1.82) is 0 Å². The number of rotatable bonds is 5. The van der Waals surface area contributed by atoms with E-state index in [0.29, 0.717) is 33.3 Å². The molecular formula is C38H57NO2S. The highest BCUT2D eigenvalue weighted by atomic mass is 32.2. The Balaban J connectivity index is 1.33. The summed E-state index contributed by atoms with van der Waals surface area (Å²) < 4.78 is 26.1. The molecule has 0 aromatic heterocycles. The predicted molar refractivity (Wildman–Crippen MR) is 178 cm³/mol. The van der Waals surface area contributed by atoms with Gasteiger partial charge >= 0.3 is 0 Å². The van der Waals surface area contributed by atoms with E-state index in [1.54, 1.807) is 0 Å². The van der Waals surface area contributed by atoms with Crippen LogP contribution in [0.15, 0.2) is 42.5 Å². The second kappa shape index (κ2) is 9.72. The summed E-state index contributed by atoms with van der Waals surface area (Å²) in [6.45, 7) is 22.5. The highest BCUT2D eigenvalue weighted by molar-refractivity contribution is 7.92. The Kier molecular flexibility index (Phi) is 7.05. The van der Waals surface area contributed by atoms with Crippen LogP contribution in [0.5, 0.6) is 0 Å². The van der Waals surface area contributed by atoms with Crippen molar-refractivity contribution in [3.63, 3.8) is 0 Å². The lowest BCUT2D eigenvalue weighted by Crippen LogP contribution is -2.65. The van der Waals surface area contributed by atoms with E-state index in [4.69, 9.17) is 0 Å². The van der Waals surface area contributed by atoms with Gasteiger partial charge in [-0.25, -0.2) is 8.42 Å². The monoisotopic (exact) mass is 591 g/mol. The van der Waals surface area contributed by atoms with E-state index in [0.717, 1.165) is 30.1 Å². The fourth-order valence-corrected chi connectivity index (χ4v) is 13.5. The fourth-order valence-electron chi connectivity index (χ4n) is 12.9. The van der Waals surface area contributed by atoms with Crippen molar-refractivity contribution >= 4 is 21.3 Å². The number of anilines is 1. The quantitative estimate of drug-likeness (QED) is 0.346. The van der Waals surface area contributed by atoms with E-state index in [9.17, 15) is 8.42 Å². The average molecular weight is 592 g/mol. The average Bonchev–Trinajstić information content (AvgIpc) is 3.29. The summed E-state index contributed by atoms with van der Waals surface area (Å²) in [7, 11) is -3.28. The molecule has 0 aliphatic heterocycles. The van der Waals surface area contributed by atoms with Crippen LogP contribution in [-0.4, -0.2) is 14.7 Å². The summed E-state index contributed by atoms with van der Waals surface area (Å²) in [4.78, 5) is 0. The van der Waals surface area contributed by atoms with Crippen molar-refractivity contribution in [3.05, 3.63) is 48.1 Å². The molecule has 3 nitrogen and oxygen atoms in total. The summed E-state index contributed by atoms with van der Waals surface area (Å²) in [6, 6.07) is 8.07. The summed E-state index contributed by atoms with van der Waals surface area (Å²) in [5, 5.41) is 0. The molecule has 0 unspecified atom stereocenters. The standard InChI is InChI=1S/C38H57NO2S/c1-10-38-22-17-28(25(2)3)33(38)30-15-16-32-35(6)20-18-29(26-11-13-27(14-12-26)39-42(9,40)41)34(4,5)31(35)19-21-37(32,8)36(30,7)23-24-38/h11-14,18,28,30-33,39H,2,10,15-17,19-24H2,1,3-9H3/t28-,30+,31-,32+,33+,35-,36+,37+,38+/m0/s1. The lowest BCUT2D eigenvalue weighted by molar-refractivity contribution is -0.225. The normalized spacial score (nSPS) is 44.2. The van der Waals surface area contributed by atoms with Gasteiger partial charge in [-0.1, -0.05) is 78.3 Å². The van der Waals surface area contributed by atoms with Crippen LogP contribution >= 0.6 is 0 Å². The molecule has 5 aliphatic carbocycles. The third kappa shape index (κ3) is 4.19. The third-order valence-corrected chi connectivity index (χ3v) is 15.6. The fraction of sp³-hybridized carbons (Fsp3) is 0.737. The van der Waals surface area contributed by atoms with Crippen molar-refractivity contribution in [2.75, 3.05) is 11.0 Å². The van der Waals surface area contributed by atoms with Crippen LogP contribution in [0.4, 0.5) is 5.69 Å². The molecule has 0 heterocycles. The number of hydrogen-bond acceptors (Lipinski definition) is 2. The number of sulfonamides is 1. The SMILES string of the molecule is C=C(C)[C@@H]1CC[C@]2(CC)CC[C@]3(C)[C@H](CC[C@@H]4[C@@]5(C)CC=C(c6ccc(NS(C)(=O)=O)cc6)C(C)(C)[C@@H]5CC[C@]43C)[C@@H]12. The second-order valence-electron chi connectivity index (χ2n) is 16.9. The molecule has 0 amide bonds. The molecule has 42 heavy (non-hydrogen) atoms. The van der Waals surface area contributed by atoms with Crippen molar-refractivity contribution in [3.8, 4) is 0 Å². The van der Waals surface area contributed by atoms with E-state index >= 15 is 0 Å². The van der Waals surface area contributed by atoms with Gasteiger partial charge in [0.2, 0.25) is 10.0 Å². The van der Waals surface area contributed by atoms with Gasteiger partial charge in [-0.05, 0) is 145 Å². The molecule has 4 heteroatoms.